The summed E-state index contributed by atoms with van der Waals surface area (Å²) < 4.78 is 31.0. The third kappa shape index (κ3) is 3.38. The second-order valence-electron chi connectivity index (χ2n) is 3.95. The lowest BCUT2D eigenvalue weighted by Gasteiger charge is -2.04. The fourth-order valence-electron chi connectivity index (χ4n) is 1.57. The number of furan rings is 1. The molecule has 0 amide bonds. The summed E-state index contributed by atoms with van der Waals surface area (Å²) in [4.78, 5) is 10.6. The van der Waals surface area contributed by atoms with Crippen LogP contribution in [0.2, 0.25) is 0 Å². The van der Waals surface area contributed by atoms with Gasteiger partial charge in [-0.15, -0.1) is 0 Å². The highest BCUT2D eigenvalue weighted by Gasteiger charge is 2.08. The summed E-state index contributed by atoms with van der Waals surface area (Å²) in [6.07, 6.45) is 1.14. The van der Waals surface area contributed by atoms with Crippen LogP contribution in [0, 0.1) is 11.6 Å². The fourth-order valence-corrected chi connectivity index (χ4v) is 1.57. The number of hydrogen-bond donors (Lipinski definition) is 2. The number of rotatable bonds is 5. The molecule has 0 aliphatic carbocycles. The Balaban J connectivity index is 1.90. The van der Waals surface area contributed by atoms with Crippen LogP contribution in [0.3, 0.4) is 0 Å². The predicted octanol–water partition coefficient (Wildman–Crippen LogP) is 2.55. The number of halogens is 2. The van der Waals surface area contributed by atoms with E-state index in [4.69, 9.17) is 9.52 Å². The summed E-state index contributed by atoms with van der Waals surface area (Å²) in [5, 5.41) is 11.6. The van der Waals surface area contributed by atoms with Crippen LogP contribution in [0.25, 0.3) is 0 Å². The van der Waals surface area contributed by atoms with Crippen LogP contribution in [0.15, 0.2) is 34.9 Å². The minimum Gasteiger partial charge on any atom is -0.478 e. The SMILES string of the molecule is O=C(O)c1coc(CNCc2ccc(F)cc2F)c1. The molecule has 1 aromatic heterocycles. The Morgan fingerprint density at radius 1 is 1.26 bits per heavy atom. The van der Waals surface area contributed by atoms with E-state index in [1.54, 1.807) is 0 Å². The highest BCUT2D eigenvalue weighted by atomic mass is 19.1. The molecule has 6 heteroatoms. The number of hydrogen-bond acceptors (Lipinski definition) is 3. The van der Waals surface area contributed by atoms with Crippen LogP contribution in [-0.2, 0) is 13.1 Å². The van der Waals surface area contributed by atoms with Crippen molar-refractivity contribution in [2.24, 2.45) is 0 Å². The molecule has 0 spiro atoms. The third-order valence-electron chi connectivity index (χ3n) is 2.53. The Morgan fingerprint density at radius 3 is 2.68 bits per heavy atom. The second-order valence-corrected chi connectivity index (χ2v) is 3.95. The summed E-state index contributed by atoms with van der Waals surface area (Å²) in [7, 11) is 0. The minimum atomic E-state index is -1.07. The summed E-state index contributed by atoms with van der Waals surface area (Å²) >= 11 is 0. The maximum absolute atomic E-state index is 13.3. The van der Waals surface area contributed by atoms with Crippen LogP contribution in [0.1, 0.15) is 21.7 Å². The summed E-state index contributed by atoms with van der Waals surface area (Å²) in [5.41, 5.74) is 0.385. The molecule has 2 rings (SSSR count). The number of nitrogens with one attached hydrogen (secondary N) is 1. The highest BCUT2D eigenvalue weighted by Crippen LogP contribution is 2.11. The van der Waals surface area contributed by atoms with Crippen molar-refractivity contribution in [3.8, 4) is 0 Å². The quantitative estimate of drug-likeness (QED) is 0.873. The molecule has 19 heavy (non-hydrogen) atoms. The number of carboxylic acids is 1. The van der Waals surface area contributed by atoms with Gasteiger partial charge in [-0.25, -0.2) is 13.6 Å². The summed E-state index contributed by atoms with van der Waals surface area (Å²) in [5.74, 6) is -1.89. The van der Waals surface area contributed by atoms with Crippen molar-refractivity contribution in [3.63, 3.8) is 0 Å². The van der Waals surface area contributed by atoms with E-state index < -0.39 is 17.6 Å². The zero-order valence-corrected chi connectivity index (χ0v) is 9.82. The average Bonchev–Trinajstić information content (AvgIpc) is 2.81. The Bertz CT molecular complexity index is 595. The van der Waals surface area contributed by atoms with E-state index in [1.807, 2.05) is 0 Å². The normalized spacial score (nSPS) is 10.6. The van der Waals surface area contributed by atoms with Crippen molar-refractivity contribution in [2.45, 2.75) is 13.1 Å². The molecule has 0 aliphatic heterocycles. The molecule has 4 nitrogen and oxygen atoms in total. The second kappa shape index (κ2) is 5.62. The predicted molar refractivity (Wildman–Crippen MR) is 62.6 cm³/mol. The Morgan fingerprint density at radius 2 is 2.05 bits per heavy atom. The van der Waals surface area contributed by atoms with Crippen molar-refractivity contribution in [1.82, 2.24) is 5.32 Å². The van der Waals surface area contributed by atoms with Crippen molar-refractivity contribution in [1.29, 1.82) is 0 Å². The van der Waals surface area contributed by atoms with Crippen LogP contribution < -0.4 is 5.32 Å². The van der Waals surface area contributed by atoms with Gasteiger partial charge in [0.1, 0.15) is 23.7 Å². The molecule has 1 aromatic carbocycles. The molecule has 1 heterocycles. The van der Waals surface area contributed by atoms with E-state index in [-0.39, 0.29) is 18.7 Å². The largest absolute Gasteiger partial charge is 0.478 e. The maximum Gasteiger partial charge on any atom is 0.338 e. The zero-order chi connectivity index (χ0) is 13.8. The molecular formula is C13H11F2NO3. The molecule has 2 N–H and O–H groups in total. The van der Waals surface area contributed by atoms with E-state index in [1.165, 1.54) is 18.2 Å². The number of carboxylic acid groups (broad SMARTS) is 1. The molecule has 2 aromatic rings. The summed E-state index contributed by atoms with van der Waals surface area (Å²) in [6.45, 7) is 0.444. The molecule has 0 aliphatic rings. The standard InChI is InChI=1S/C13H11F2NO3/c14-10-2-1-8(12(15)4-10)5-16-6-11-3-9(7-19-11)13(17)18/h1-4,7,16H,5-6H2,(H,17,18). The third-order valence-corrected chi connectivity index (χ3v) is 2.53. The Kier molecular flexibility index (Phi) is 3.91. The highest BCUT2D eigenvalue weighted by molar-refractivity contribution is 5.87. The van der Waals surface area contributed by atoms with E-state index in [2.05, 4.69) is 5.32 Å². The van der Waals surface area contributed by atoms with Gasteiger partial charge >= 0.3 is 5.97 Å². The van der Waals surface area contributed by atoms with Crippen LogP contribution in [-0.4, -0.2) is 11.1 Å². The first-order chi connectivity index (χ1) is 9.06. The maximum atomic E-state index is 13.3. The number of benzene rings is 1. The van der Waals surface area contributed by atoms with E-state index in [9.17, 15) is 13.6 Å². The monoisotopic (exact) mass is 267 g/mol. The first-order valence-electron chi connectivity index (χ1n) is 5.51. The lowest BCUT2D eigenvalue weighted by molar-refractivity contribution is 0.0696. The first-order valence-corrected chi connectivity index (χ1v) is 5.51. The molecule has 0 unspecified atom stereocenters. The number of aromatic carboxylic acids is 1. The first kappa shape index (κ1) is 13.2. The number of carbonyl (C=O) groups is 1. The fraction of sp³-hybridized carbons (Fsp3) is 0.154. The molecule has 0 radical (unpaired) electrons. The smallest absolute Gasteiger partial charge is 0.338 e. The molecule has 0 fully saturated rings. The average molecular weight is 267 g/mol. The van der Waals surface area contributed by atoms with Gasteiger partial charge in [0.25, 0.3) is 0 Å². The van der Waals surface area contributed by atoms with Gasteiger partial charge in [-0.05, 0) is 12.1 Å². The minimum absolute atomic E-state index is 0.0600. The van der Waals surface area contributed by atoms with E-state index >= 15 is 0 Å². The molecule has 0 bridgehead atoms. The van der Waals surface area contributed by atoms with Crippen molar-refractivity contribution >= 4 is 5.97 Å². The van der Waals surface area contributed by atoms with E-state index in [0.29, 0.717) is 11.3 Å². The van der Waals surface area contributed by atoms with E-state index in [0.717, 1.165) is 12.3 Å². The van der Waals surface area contributed by atoms with Gasteiger partial charge in [-0.3, -0.25) is 0 Å². The molecule has 100 valence electrons. The lowest BCUT2D eigenvalue weighted by Crippen LogP contribution is -2.13. The van der Waals surface area contributed by atoms with Gasteiger partial charge in [-0.2, -0.15) is 0 Å². The van der Waals surface area contributed by atoms with Gasteiger partial charge in [-0.1, -0.05) is 6.07 Å². The molecule has 0 saturated carbocycles. The zero-order valence-electron chi connectivity index (χ0n) is 9.82. The van der Waals surface area contributed by atoms with Gasteiger partial charge in [0, 0.05) is 18.2 Å². The van der Waals surface area contributed by atoms with Gasteiger partial charge in [0.15, 0.2) is 0 Å². The van der Waals surface area contributed by atoms with Gasteiger partial charge in [0.2, 0.25) is 0 Å². The summed E-state index contributed by atoms with van der Waals surface area (Å²) in [6, 6.07) is 4.72. The van der Waals surface area contributed by atoms with Gasteiger partial charge in [0.05, 0.1) is 12.1 Å². The van der Waals surface area contributed by atoms with Crippen LogP contribution in [0.5, 0.6) is 0 Å². The van der Waals surface area contributed by atoms with Crippen molar-refractivity contribution in [2.75, 3.05) is 0 Å². The Hall–Kier alpha value is -2.21. The molecule has 0 atom stereocenters. The van der Waals surface area contributed by atoms with Gasteiger partial charge < -0.3 is 14.8 Å². The Labute approximate surface area is 107 Å². The van der Waals surface area contributed by atoms with Crippen LogP contribution >= 0.6 is 0 Å². The van der Waals surface area contributed by atoms with Crippen molar-refractivity contribution < 1.29 is 23.1 Å². The lowest BCUT2D eigenvalue weighted by atomic mass is 10.2. The molecule has 0 saturated heterocycles. The molecular weight excluding hydrogens is 256 g/mol. The topological polar surface area (TPSA) is 62.5 Å². The van der Waals surface area contributed by atoms with Crippen LogP contribution in [0.4, 0.5) is 8.78 Å². The van der Waals surface area contributed by atoms with Crippen molar-refractivity contribution in [3.05, 3.63) is 59.1 Å².